The molecule has 1 aliphatic rings. The van der Waals surface area contributed by atoms with Crippen LogP contribution in [0.5, 0.6) is 0 Å². The van der Waals surface area contributed by atoms with Crippen molar-refractivity contribution in [2.24, 2.45) is 0 Å². The Labute approximate surface area is 387 Å². The molecule has 0 spiro atoms. The van der Waals surface area contributed by atoms with E-state index in [4.69, 9.17) is 9.47 Å². The van der Waals surface area contributed by atoms with Crippen LogP contribution in [0.2, 0.25) is 0 Å². The normalized spacial score (nSPS) is 15.9. The Hall–Kier alpha value is -4.18. The molecule has 0 N–H and O–H groups in total. The molecule has 0 unspecified atom stereocenters. The molecule has 1 aliphatic carbocycles. The monoisotopic (exact) mass is 863 g/mol. The van der Waals surface area contributed by atoms with Crippen molar-refractivity contribution in [2.45, 2.75) is 205 Å². The van der Waals surface area contributed by atoms with E-state index < -0.39 is 0 Å². The lowest BCUT2D eigenvalue weighted by molar-refractivity contribution is -0.121. The van der Waals surface area contributed by atoms with Crippen molar-refractivity contribution in [3.8, 4) is 0 Å². The van der Waals surface area contributed by atoms with Gasteiger partial charge in [0.15, 0.2) is 0 Å². The van der Waals surface area contributed by atoms with Crippen LogP contribution < -0.4 is 0 Å². The Bertz CT molecular complexity index is 1840. The van der Waals surface area contributed by atoms with Gasteiger partial charge in [0, 0.05) is 11.1 Å². The Morgan fingerprint density at radius 1 is 0.349 bits per heavy atom. The summed E-state index contributed by atoms with van der Waals surface area (Å²) in [4.78, 5) is 25.5. The summed E-state index contributed by atoms with van der Waals surface area (Å²) in [6, 6.07) is 0. The number of carbonyl (C=O) groups excluding carboxylic acids is 2. The fraction of sp³-hybridized carbons (Fsp3) is 0.559. The van der Waals surface area contributed by atoms with Gasteiger partial charge in [0.1, 0.15) is 0 Å². The van der Waals surface area contributed by atoms with E-state index in [-0.39, 0.29) is 23.1 Å². The molecule has 0 aromatic heterocycles. The maximum Gasteiger partial charge on any atom is 0.228 e. The molecule has 4 heteroatoms. The molecule has 0 fully saturated rings. The topological polar surface area (TPSA) is 52.6 Å². The van der Waals surface area contributed by atoms with E-state index in [2.05, 4.69) is 137 Å². The second-order valence-corrected chi connectivity index (χ2v) is 18.6. The third-order valence-electron chi connectivity index (χ3n) is 12.1. The highest BCUT2D eigenvalue weighted by atomic mass is 16.5. The number of rotatable bonds is 31. The fourth-order valence-electron chi connectivity index (χ4n) is 7.59. The summed E-state index contributed by atoms with van der Waals surface area (Å²) in [6.07, 6.45) is 44.3. The Morgan fingerprint density at radius 3 is 0.810 bits per heavy atom. The molecule has 4 nitrogen and oxygen atoms in total. The van der Waals surface area contributed by atoms with Crippen LogP contribution in [-0.2, 0) is 19.1 Å². The van der Waals surface area contributed by atoms with Gasteiger partial charge < -0.3 is 9.47 Å². The van der Waals surface area contributed by atoms with Crippen LogP contribution in [0.4, 0.5) is 0 Å². The summed E-state index contributed by atoms with van der Waals surface area (Å²) in [5, 5.41) is 0. The van der Waals surface area contributed by atoms with Gasteiger partial charge in [-0.05, 0) is 205 Å². The van der Waals surface area contributed by atoms with Crippen molar-refractivity contribution in [2.75, 3.05) is 14.2 Å². The number of methoxy groups -OCH3 is 2. The molecule has 0 atom stereocenters. The van der Waals surface area contributed by atoms with Crippen LogP contribution in [0.1, 0.15) is 205 Å². The van der Waals surface area contributed by atoms with Crippen molar-refractivity contribution in [1.82, 2.24) is 0 Å². The largest absolute Gasteiger partial charge is 0.489 e. The van der Waals surface area contributed by atoms with Gasteiger partial charge in [-0.1, -0.05) is 116 Å². The number of carbonyl (C=O) groups is 2. The first kappa shape index (κ1) is 56.8. The Morgan fingerprint density at radius 2 is 0.571 bits per heavy atom. The lowest BCUT2D eigenvalue weighted by Crippen LogP contribution is -2.24. The molecule has 63 heavy (non-hydrogen) atoms. The minimum atomic E-state index is -0.284. The van der Waals surface area contributed by atoms with E-state index in [1.54, 1.807) is 6.92 Å². The van der Waals surface area contributed by atoms with E-state index >= 15 is 0 Å². The molecule has 0 saturated carbocycles. The van der Waals surface area contributed by atoms with Gasteiger partial charge in [-0.3, -0.25) is 9.59 Å². The molecular weight excluding hydrogens is 773 g/mol. The van der Waals surface area contributed by atoms with Crippen LogP contribution in [-0.4, -0.2) is 25.8 Å². The zero-order chi connectivity index (χ0) is 47.2. The second kappa shape index (κ2) is 33.3. The first-order chi connectivity index (χ1) is 30.0. The maximum atomic E-state index is 12.9. The number of ketones is 2. The van der Waals surface area contributed by atoms with Gasteiger partial charge in [0.25, 0.3) is 0 Å². The van der Waals surface area contributed by atoms with Gasteiger partial charge in [-0.25, -0.2) is 0 Å². The maximum absolute atomic E-state index is 12.9. The van der Waals surface area contributed by atoms with E-state index in [0.29, 0.717) is 17.6 Å². The van der Waals surface area contributed by atoms with E-state index in [1.807, 2.05) is 0 Å². The standard InChI is InChI=1S/C59H90O4/c1-44(2)24-15-25-45(3)26-16-27-46(4)28-17-29-47(5)30-18-31-48(6)32-19-33-49(7)34-20-35-50(8)36-21-37-51(9)38-22-39-52(10)40-23-41-53(11)42-43-55-54(12)56(60)58(62-13)59(63-14)57(55)61/h24,26,28,30,32,34,36,38,40,42H,15-23,25,27,29,31,33,35,37,39,41,43H2,1-14H3/b45-26+,46-28-,47-30+,48-32+,49-34+,50-36+,51-38+,52-40+,53-42+. The second-order valence-electron chi connectivity index (χ2n) is 18.6. The molecule has 0 aliphatic heterocycles. The molecule has 0 amide bonds. The number of hydrogen-bond acceptors (Lipinski definition) is 4. The Kier molecular flexibility index (Phi) is 30.1. The van der Waals surface area contributed by atoms with Crippen molar-refractivity contribution < 1.29 is 19.1 Å². The smallest absolute Gasteiger partial charge is 0.228 e. The quantitative estimate of drug-likeness (QED) is 0.0515. The van der Waals surface area contributed by atoms with Crippen molar-refractivity contribution in [3.05, 3.63) is 139 Å². The average molecular weight is 863 g/mol. The molecule has 0 aromatic carbocycles. The van der Waals surface area contributed by atoms with Gasteiger partial charge in [-0.2, -0.15) is 0 Å². The van der Waals surface area contributed by atoms with Crippen molar-refractivity contribution in [1.29, 1.82) is 0 Å². The number of Topliss-reactive ketones (excluding diaryl/α,β-unsaturated/α-hetero) is 2. The first-order valence-electron chi connectivity index (χ1n) is 24.1. The third kappa shape index (κ3) is 26.3. The summed E-state index contributed by atoms with van der Waals surface area (Å²) in [7, 11) is 2.78. The molecular formula is C59H90O4. The average Bonchev–Trinajstić information content (AvgIpc) is 3.21. The number of ether oxygens (including phenoxy) is 2. The molecule has 1 rings (SSSR count). The molecule has 0 heterocycles. The highest BCUT2D eigenvalue weighted by molar-refractivity contribution is 6.23. The summed E-state index contributed by atoms with van der Waals surface area (Å²) < 4.78 is 10.3. The predicted octanol–water partition coefficient (Wildman–Crippen LogP) is 17.9. The van der Waals surface area contributed by atoms with E-state index in [0.717, 1.165) is 96.3 Å². The zero-order valence-corrected chi connectivity index (χ0v) is 42.8. The third-order valence-corrected chi connectivity index (χ3v) is 12.1. The summed E-state index contributed by atoms with van der Waals surface area (Å²) in [5.41, 5.74) is 15.5. The minimum absolute atomic E-state index is 0.00667. The molecule has 0 aromatic rings. The summed E-state index contributed by atoms with van der Waals surface area (Å²) in [5.74, 6) is -0.572. The fourth-order valence-corrected chi connectivity index (χ4v) is 7.59. The molecule has 350 valence electrons. The van der Waals surface area contributed by atoms with Crippen LogP contribution in [0, 0.1) is 0 Å². The highest BCUT2D eigenvalue weighted by Crippen LogP contribution is 2.28. The van der Waals surface area contributed by atoms with Gasteiger partial charge in [0.2, 0.25) is 23.1 Å². The lowest BCUT2D eigenvalue weighted by atomic mass is 9.90. The lowest BCUT2D eigenvalue weighted by Gasteiger charge is -2.19. The van der Waals surface area contributed by atoms with E-state index in [1.165, 1.54) is 89.2 Å². The molecule has 0 radical (unpaired) electrons. The predicted molar refractivity (Wildman–Crippen MR) is 275 cm³/mol. The van der Waals surface area contributed by atoms with Gasteiger partial charge in [-0.15, -0.1) is 0 Å². The molecule has 0 bridgehead atoms. The number of allylic oxidation sites excluding steroid dienone is 22. The van der Waals surface area contributed by atoms with Gasteiger partial charge in [0.05, 0.1) is 14.2 Å². The molecule has 0 saturated heterocycles. The van der Waals surface area contributed by atoms with Crippen molar-refractivity contribution in [3.63, 3.8) is 0 Å². The Balaban J connectivity index is 2.31. The van der Waals surface area contributed by atoms with Crippen LogP contribution in [0.25, 0.3) is 0 Å². The van der Waals surface area contributed by atoms with Crippen LogP contribution >= 0.6 is 0 Å². The van der Waals surface area contributed by atoms with Gasteiger partial charge >= 0.3 is 0 Å². The minimum Gasteiger partial charge on any atom is -0.489 e. The summed E-state index contributed by atoms with van der Waals surface area (Å²) >= 11 is 0. The SMILES string of the molecule is COC1=C(OC)C(=O)C(C/C=C(\C)CC/C=C(\C)CC/C=C(\C)CC/C=C(\C)CC/C=C(\C)CC/C=C(\C)CC/C=C(\C)CC/C=C(/C)CC/C=C(\C)CCC=C(C)C)=C(C)C1=O. The van der Waals surface area contributed by atoms with E-state index in [9.17, 15) is 9.59 Å². The highest BCUT2D eigenvalue weighted by Gasteiger charge is 2.34. The zero-order valence-electron chi connectivity index (χ0n) is 42.8. The van der Waals surface area contributed by atoms with Crippen LogP contribution in [0.15, 0.2) is 139 Å². The van der Waals surface area contributed by atoms with Crippen LogP contribution in [0.3, 0.4) is 0 Å². The number of hydrogen-bond donors (Lipinski definition) is 0. The van der Waals surface area contributed by atoms with Crippen molar-refractivity contribution >= 4 is 11.6 Å². The summed E-state index contributed by atoms with van der Waals surface area (Å²) in [6.45, 7) is 26.3. The first-order valence-corrected chi connectivity index (χ1v) is 24.1.